The highest BCUT2D eigenvalue weighted by Gasteiger charge is 2.11. The third-order valence-corrected chi connectivity index (χ3v) is 3.71. The van der Waals surface area contributed by atoms with Crippen LogP contribution in [0.4, 0.5) is 0 Å². The molecule has 1 amide bonds. The van der Waals surface area contributed by atoms with Crippen LogP contribution in [0.25, 0.3) is 0 Å². The van der Waals surface area contributed by atoms with Gasteiger partial charge in [-0.25, -0.2) is 4.98 Å². The molecule has 0 bridgehead atoms. The maximum absolute atomic E-state index is 12.2. The van der Waals surface area contributed by atoms with Crippen molar-refractivity contribution >= 4 is 5.91 Å². The molecule has 0 fully saturated rings. The van der Waals surface area contributed by atoms with E-state index in [9.17, 15) is 4.79 Å². The first-order chi connectivity index (χ1) is 10.5. The van der Waals surface area contributed by atoms with Gasteiger partial charge in [0.15, 0.2) is 0 Å². The summed E-state index contributed by atoms with van der Waals surface area (Å²) in [5.74, 6) is 1.04. The highest BCUT2D eigenvalue weighted by molar-refractivity contribution is 5.75. The Morgan fingerprint density at radius 3 is 2.55 bits per heavy atom. The van der Waals surface area contributed by atoms with Crippen molar-refractivity contribution in [2.45, 2.75) is 33.4 Å². The molecule has 0 aliphatic rings. The number of carbonyl (C=O) groups is 1. The summed E-state index contributed by atoms with van der Waals surface area (Å²) in [5, 5.41) is 0. The molecule has 0 atom stereocenters. The molecule has 0 aliphatic carbocycles. The van der Waals surface area contributed by atoms with Gasteiger partial charge < -0.3 is 14.2 Å². The summed E-state index contributed by atoms with van der Waals surface area (Å²) in [7, 11) is 3.52. The first-order valence-corrected chi connectivity index (χ1v) is 7.35. The van der Waals surface area contributed by atoms with Crippen molar-refractivity contribution in [2.24, 2.45) is 0 Å². The minimum atomic E-state index is 0.125. The second kappa shape index (κ2) is 7.11. The molecule has 0 radical (unpaired) electrons. The minimum absolute atomic E-state index is 0.125. The number of aryl methyl sites for hydroxylation is 3. The molecule has 0 aliphatic heterocycles. The van der Waals surface area contributed by atoms with Gasteiger partial charge in [0.1, 0.15) is 5.75 Å². The molecule has 118 valence electrons. The lowest BCUT2D eigenvalue weighted by Gasteiger charge is -2.19. The Bertz CT molecular complexity index is 612. The van der Waals surface area contributed by atoms with Gasteiger partial charge >= 0.3 is 0 Å². The van der Waals surface area contributed by atoms with Crippen LogP contribution in [0.5, 0.6) is 5.75 Å². The van der Waals surface area contributed by atoms with Crippen LogP contribution in [0, 0.1) is 13.8 Å². The lowest BCUT2D eigenvalue weighted by Crippen LogP contribution is -2.27. The zero-order valence-corrected chi connectivity index (χ0v) is 13.7. The van der Waals surface area contributed by atoms with Crippen LogP contribution in [-0.2, 0) is 17.9 Å². The van der Waals surface area contributed by atoms with Gasteiger partial charge in [0.2, 0.25) is 5.91 Å². The Hall–Kier alpha value is -2.30. The van der Waals surface area contributed by atoms with Crippen LogP contribution in [0.3, 0.4) is 0 Å². The minimum Gasteiger partial charge on any atom is -0.496 e. The number of hydrogen-bond donors (Lipinski definition) is 0. The molecule has 0 saturated heterocycles. The van der Waals surface area contributed by atoms with E-state index in [1.165, 1.54) is 0 Å². The number of hydrogen-bond acceptors (Lipinski definition) is 3. The topological polar surface area (TPSA) is 47.4 Å². The van der Waals surface area contributed by atoms with Gasteiger partial charge in [-0.2, -0.15) is 0 Å². The normalized spacial score (nSPS) is 10.5. The number of amides is 1. The number of aromatic nitrogens is 2. The second-order valence-corrected chi connectivity index (χ2v) is 5.56. The summed E-state index contributed by atoms with van der Waals surface area (Å²) in [5.41, 5.74) is 3.31. The van der Waals surface area contributed by atoms with Crippen molar-refractivity contribution in [1.82, 2.24) is 14.5 Å². The average Bonchev–Trinajstić information content (AvgIpc) is 2.97. The molecule has 5 nitrogen and oxygen atoms in total. The fourth-order valence-electron chi connectivity index (χ4n) is 2.65. The Morgan fingerprint density at radius 2 is 2.00 bits per heavy atom. The highest BCUT2D eigenvalue weighted by Crippen LogP contribution is 2.24. The van der Waals surface area contributed by atoms with E-state index in [1.54, 1.807) is 24.5 Å². The number of ether oxygens (including phenoxy) is 1. The third-order valence-electron chi connectivity index (χ3n) is 3.71. The van der Waals surface area contributed by atoms with Crippen LogP contribution in [0.1, 0.15) is 23.1 Å². The molecule has 0 unspecified atom stereocenters. The SMILES string of the molecule is COc1c(C)cc(CN(C)C(=O)CCn2ccnc2)cc1C. The smallest absolute Gasteiger partial charge is 0.224 e. The summed E-state index contributed by atoms with van der Waals surface area (Å²) in [6.45, 7) is 5.31. The number of benzene rings is 1. The molecular weight excluding hydrogens is 278 g/mol. The molecule has 2 aromatic rings. The van der Waals surface area contributed by atoms with E-state index in [0.717, 1.165) is 22.4 Å². The summed E-state index contributed by atoms with van der Waals surface area (Å²) < 4.78 is 7.28. The molecule has 5 heteroatoms. The highest BCUT2D eigenvalue weighted by atomic mass is 16.5. The monoisotopic (exact) mass is 301 g/mol. The van der Waals surface area contributed by atoms with Crippen LogP contribution >= 0.6 is 0 Å². The van der Waals surface area contributed by atoms with E-state index < -0.39 is 0 Å². The fourth-order valence-corrected chi connectivity index (χ4v) is 2.65. The first-order valence-electron chi connectivity index (χ1n) is 7.35. The number of methoxy groups -OCH3 is 1. The Labute approximate surface area is 131 Å². The largest absolute Gasteiger partial charge is 0.496 e. The molecular formula is C17H23N3O2. The van der Waals surface area contributed by atoms with E-state index in [-0.39, 0.29) is 5.91 Å². The molecule has 22 heavy (non-hydrogen) atoms. The van der Waals surface area contributed by atoms with Gasteiger partial charge in [0, 0.05) is 39.0 Å². The van der Waals surface area contributed by atoms with Crippen molar-refractivity contribution < 1.29 is 9.53 Å². The molecule has 0 N–H and O–H groups in total. The molecule has 2 rings (SSSR count). The molecule has 1 heterocycles. The van der Waals surface area contributed by atoms with Crippen LogP contribution in [0.2, 0.25) is 0 Å². The Balaban J connectivity index is 1.96. The number of nitrogens with zero attached hydrogens (tertiary/aromatic N) is 3. The summed E-state index contributed by atoms with van der Waals surface area (Å²) in [6.07, 6.45) is 5.78. The molecule has 0 saturated carbocycles. The summed E-state index contributed by atoms with van der Waals surface area (Å²) in [6, 6.07) is 4.15. The second-order valence-electron chi connectivity index (χ2n) is 5.56. The summed E-state index contributed by atoms with van der Waals surface area (Å²) >= 11 is 0. The predicted octanol–water partition coefficient (Wildman–Crippen LogP) is 2.56. The third kappa shape index (κ3) is 3.87. The number of imidazole rings is 1. The van der Waals surface area contributed by atoms with Gasteiger partial charge in [-0.1, -0.05) is 12.1 Å². The van der Waals surface area contributed by atoms with E-state index in [0.29, 0.717) is 19.5 Å². The quantitative estimate of drug-likeness (QED) is 0.824. The number of rotatable bonds is 6. The molecule has 0 spiro atoms. The lowest BCUT2D eigenvalue weighted by molar-refractivity contribution is -0.130. The standard InChI is InChI=1S/C17H23N3O2/c1-13-9-15(10-14(2)17(13)22-4)11-19(3)16(21)5-7-20-8-6-18-12-20/h6,8-10,12H,5,7,11H2,1-4H3. The fraction of sp³-hybridized carbons (Fsp3) is 0.412. The van der Waals surface area contributed by atoms with Crippen molar-refractivity contribution in [2.75, 3.05) is 14.2 Å². The Morgan fingerprint density at radius 1 is 1.32 bits per heavy atom. The van der Waals surface area contributed by atoms with E-state index in [4.69, 9.17) is 4.74 Å². The molecule has 1 aromatic carbocycles. The van der Waals surface area contributed by atoms with Crippen molar-refractivity contribution in [1.29, 1.82) is 0 Å². The van der Waals surface area contributed by atoms with E-state index >= 15 is 0 Å². The van der Waals surface area contributed by atoms with Gasteiger partial charge in [-0.3, -0.25) is 4.79 Å². The van der Waals surface area contributed by atoms with Gasteiger partial charge in [-0.05, 0) is 30.5 Å². The van der Waals surface area contributed by atoms with E-state index in [1.807, 2.05) is 31.7 Å². The maximum Gasteiger partial charge on any atom is 0.224 e. The van der Waals surface area contributed by atoms with Crippen LogP contribution in [-0.4, -0.2) is 34.5 Å². The van der Waals surface area contributed by atoms with E-state index in [2.05, 4.69) is 17.1 Å². The first kappa shape index (κ1) is 16.1. The van der Waals surface area contributed by atoms with Crippen molar-refractivity contribution in [3.8, 4) is 5.75 Å². The zero-order chi connectivity index (χ0) is 16.1. The average molecular weight is 301 g/mol. The summed E-state index contributed by atoms with van der Waals surface area (Å²) in [4.78, 5) is 17.9. The predicted molar refractivity (Wildman–Crippen MR) is 85.8 cm³/mol. The van der Waals surface area contributed by atoms with Gasteiger partial charge in [0.05, 0.1) is 13.4 Å². The van der Waals surface area contributed by atoms with Crippen LogP contribution < -0.4 is 4.74 Å². The number of carbonyl (C=O) groups excluding carboxylic acids is 1. The van der Waals surface area contributed by atoms with Gasteiger partial charge in [-0.15, -0.1) is 0 Å². The van der Waals surface area contributed by atoms with Gasteiger partial charge in [0.25, 0.3) is 0 Å². The Kier molecular flexibility index (Phi) is 5.20. The zero-order valence-electron chi connectivity index (χ0n) is 13.7. The molecule has 1 aromatic heterocycles. The van der Waals surface area contributed by atoms with Crippen molar-refractivity contribution in [3.63, 3.8) is 0 Å². The van der Waals surface area contributed by atoms with Crippen molar-refractivity contribution in [3.05, 3.63) is 47.5 Å². The van der Waals surface area contributed by atoms with Crippen LogP contribution in [0.15, 0.2) is 30.9 Å². The maximum atomic E-state index is 12.2. The lowest BCUT2D eigenvalue weighted by atomic mass is 10.1.